The van der Waals surface area contributed by atoms with Gasteiger partial charge in [-0.05, 0) is 33.1 Å². The largest absolute Gasteiger partial charge is 0.327 e. The maximum absolute atomic E-state index is 5.83. The molecule has 0 aliphatic carbocycles. The molecule has 0 aromatic rings. The first kappa shape index (κ1) is 10.7. The van der Waals surface area contributed by atoms with Crippen LogP contribution in [0, 0.1) is 5.92 Å². The van der Waals surface area contributed by atoms with E-state index >= 15 is 0 Å². The maximum Gasteiger partial charge on any atom is 0.00734 e. The van der Waals surface area contributed by atoms with Crippen molar-refractivity contribution in [3.8, 4) is 0 Å². The molecule has 0 aromatic carbocycles. The van der Waals surface area contributed by atoms with Gasteiger partial charge in [-0.15, -0.1) is 0 Å². The van der Waals surface area contributed by atoms with E-state index in [2.05, 4.69) is 33.8 Å². The van der Waals surface area contributed by atoms with Crippen LogP contribution in [0.4, 0.5) is 0 Å². The van der Waals surface area contributed by atoms with Crippen molar-refractivity contribution in [3.05, 3.63) is 11.6 Å². The summed E-state index contributed by atoms with van der Waals surface area (Å²) in [4.78, 5) is 0. The van der Waals surface area contributed by atoms with Crippen molar-refractivity contribution in [1.29, 1.82) is 0 Å². The fraction of sp³-hybridized carbons (Fsp3) is 0.800. The molecule has 0 amide bonds. The van der Waals surface area contributed by atoms with Crippen LogP contribution in [0.1, 0.15) is 40.5 Å². The molecule has 0 aliphatic heterocycles. The molecule has 1 unspecified atom stereocenters. The summed E-state index contributed by atoms with van der Waals surface area (Å²) in [7, 11) is 0. The number of hydrogen-bond acceptors (Lipinski definition) is 1. The first-order chi connectivity index (χ1) is 5.07. The Balaban J connectivity index is 4.00. The van der Waals surface area contributed by atoms with Crippen LogP contribution in [0.25, 0.3) is 0 Å². The molecule has 0 aliphatic rings. The predicted molar refractivity (Wildman–Crippen MR) is 51.5 cm³/mol. The average molecular weight is 155 g/mol. The van der Waals surface area contributed by atoms with Gasteiger partial charge in [0.2, 0.25) is 0 Å². The van der Waals surface area contributed by atoms with Crippen molar-refractivity contribution < 1.29 is 0 Å². The molecule has 1 nitrogen and oxygen atoms in total. The SMILES string of the molecule is CCCC(C=C(C)C)[C@H](C)N. The minimum Gasteiger partial charge on any atom is -0.327 e. The fourth-order valence-electron chi connectivity index (χ4n) is 1.26. The molecule has 0 aromatic heterocycles. The van der Waals surface area contributed by atoms with Crippen molar-refractivity contribution in [3.63, 3.8) is 0 Å². The molecule has 0 fully saturated rings. The summed E-state index contributed by atoms with van der Waals surface area (Å²) in [6.07, 6.45) is 4.72. The quantitative estimate of drug-likeness (QED) is 0.621. The van der Waals surface area contributed by atoms with E-state index in [9.17, 15) is 0 Å². The maximum atomic E-state index is 5.83. The third-order valence-corrected chi connectivity index (χ3v) is 1.84. The summed E-state index contributed by atoms with van der Waals surface area (Å²) >= 11 is 0. The van der Waals surface area contributed by atoms with Gasteiger partial charge in [0.15, 0.2) is 0 Å². The molecule has 0 spiro atoms. The Bertz CT molecular complexity index is 121. The van der Waals surface area contributed by atoms with E-state index in [-0.39, 0.29) is 0 Å². The van der Waals surface area contributed by atoms with E-state index in [4.69, 9.17) is 5.73 Å². The van der Waals surface area contributed by atoms with Gasteiger partial charge in [-0.2, -0.15) is 0 Å². The standard InChI is InChI=1S/C10H21N/c1-5-6-10(9(4)11)7-8(2)3/h7,9-10H,5-6,11H2,1-4H3/t9-,10?/m0/s1. The van der Waals surface area contributed by atoms with Gasteiger partial charge in [0.05, 0.1) is 0 Å². The molecule has 0 rings (SSSR count). The third-order valence-electron chi connectivity index (χ3n) is 1.84. The molecular formula is C10H21N. The van der Waals surface area contributed by atoms with E-state index in [1.54, 1.807) is 0 Å². The monoisotopic (exact) mass is 155 g/mol. The predicted octanol–water partition coefficient (Wildman–Crippen LogP) is 2.72. The second kappa shape index (κ2) is 5.36. The van der Waals surface area contributed by atoms with Crippen LogP contribution in [0.2, 0.25) is 0 Å². The number of rotatable bonds is 4. The van der Waals surface area contributed by atoms with Gasteiger partial charge in [0, 0.05) is 6.04 Å². The highest BCUT2D eigenvalue weighted by molar-refractivity contribution is 4.99. The van der Waals surface area contributed by atoms with Gasteiger partial charge in [-0.3, -0.25) is 0 Å². The van der Waals surface area contributed by atoms with Crippen LogP contribution < -0.4 is 5.73 Å². The van der Waals surface area contributed by atoms with E-state index < -0.39 is 0 Å². The highest BCUT2D eigenvalue weighted by atomic mass is 14.6. The Labute approximate surface area is 70.7 Å². The lowest BCUT2D eigenvalue weighted by molar-refractivity contribution is 0.490. The van der Waals surface area contributed by atoms with Crippen molar-refractivity contribution >= 4 is 0 Å². The Morgan fingerprint density at radius 3 is 2.27 bits per heavy atom. The normalized spacial score (nSPS) is 15.7. The molecule has 66 valence electrons. The van der Waals surface area contributed by atoms with Crippen molar-refractivity contribution in [2.45, 2.75) is 46.6 Å². The van der Waals surface area contributed by atoms with Crippen molar-refractivity contribution in [1.82, 2.24) is 0 Å². The fourth-order valence-corrected chi connectivity index (χ4v) is 1.26. The van der Waals surface area contributed by atoms with E-state index in [0.717, 1.165) is 0 Å². The van der Waals surface area contributed by atoms with E-state index in [1.165, 1.54) is 18.4 Å². The zero-order valence-electron chi connectivity index (χ0n) is 8.22. The zero-order valence-corrected chi connectivity index (χ0v) is 8.22. The molecule has 2 atom stereocenters. The van der Waals surface area contributed by atoms with Crippen LogP contribution >= 0.6 is 0 Å². The molecule has 0 saturated heterocycles. The summed E-state index contributed by atoms with van der Waals surface area (Å²) in [5.41, 5.74) is 7.20. The van der Waals surface area contributed by atoms with E-state index in [0.29, 0.717) is 12.0 Å². The lowest BCUT2D eigenvalue weighted by Crippen LogP contribution is -2.25. The van der Waals surface area contributed by atoms with E-state index in [1.807, 2.05) is 0 Å². The van der Waals surface area contributed by atoms with Crippen LogP contribution in [-0.2, 0) is 0 Å². The van der Waals surface area contributed by atoms with Crippen LogP contribution in [0.5, 0.6) is 0 Å². The minimum absolute atomic E-state index is 0.296. The summed E-state index contributed by atoms with van der Waals surface area (Å²) < 4.78 is 0. The topological polar surface area (TPSA) is 26.0 Å². The van der Waals surface area contributed by atoms with Gasteiger partial charge in [0.25, 0.3) is 0 Å². The molecule has 2 N–H and O–H groups in total. The highest BCUT2D eigenvalue weighted by Crippen LogP contribution is 2.13. The molecule has 0 saturated carbocycles. The van der Waals surface area contributed by atoms with Gasteiger partial charge in [-0.1, -0.05) is 25.0 Å². The summed E-state index contributed by atoms with van der Waals surface area (Å²) in [5.74, 6) is 0.574. The number of allylic oxidation sites excluding steroid dienone is 1. The Morgan fingerprint density at radius 1 is 1.45 bits per heavy atom. The number of hydrogen-bond donors (Lipinski definition) is 1. The second-order valence-corrected chi connectivity index (χ2v) is 3.56. The van der Waals surface area contributed by atoms with Crippen molar-refractivity contribution in [2.75, 3.05) is 0 Å². The Kier molecular flexibility index (Phi) is 5.22. The lowest BCUT2D eigenvalue weighted by atomic mass is 9.95. The Hall–Kier alpha value is -0.300. The van der Waals surface area contributed by atoms with Crippen molar-refractivity contribution in [2.24, 2.45) is 11.7 Å². The first-order valence-corrected chi connectivity index (χ1v) is 4.48. The molecular weight excluding hydrogens is 134 g/mol. The minimum atomic E-state index is 0.296. The zero-order chi connectivity index (χ0) is 8.85. The number of nitrogens with two attached hydrogens (primary N) is 1. The van der Waals surface area contributed by atoms with Gasteiger partial charge < -0.3 is 5.73 Å². The van der Waals surface area contributed by atoms with Gasteiger partial charge in [-0.25, -0.2) is 0 Å². The highest BCUT2D eigenvalue weighted by Gasteiger charge is 2.08. The van der Waals surface area contributed by atoms with Crippen LogP contribution in [0.3, 0.4) is 0 Å². The van der Waals surface area contributed by atoms with Crippen LogP contribution in [-0.4, -0.2) is 6.04 Å². The smallest absolute Gasteiger partial charge is 0.00734 e. The summed E-state index contributed by atoms with van der Waals surface area (Å²) in [6.45, 7) is 8.55. The second-order valence-electron chi connectivity index (χ2n) is 3.56. The van der Waals surface area contributed by atoms with Gasteiger partial charge >= 0.3 is 0 Å². The molecule has 1 heteroatoms. The van der Waals surface area contributed by atoms with Crippen LogP contribution in [0.15, 0.2) is 11.6 Å². The van der Waals surface area contributed by atoms with Gasteiger partial charge in [0.1, 0.15) is 0 Å². The molecule has 0 bridgehead atoms. The third kappa shape index (κ3) is 5.02. The lowest BCUT2D eigenvalue weighted by Gasteiger charge is -2.16. The molecule has 0 radical (unpaired) electrons. The summed E-state index contributed by atoms with van der Waals surface area (Å²) in [5, 5.41) is 0. The molecule has 0 heterocycles. The molecule has 11 heavy (non-hydrogen) atoms. The first-order valence-electron chi connectivity index (χ1n) is 4.48. The summed E-state index contributed by atoms with van der Waals surface area (Å²) in [6, 6.07) is 0.296. The average Bonchev–Trinajstić information content (AvgIpc) is 1.86. The Morgan fingerprint density at radius 2 is 2.00 bits per heavy atom.